The zero-order chi connectivity index (χ0) is 37.9. The van der Waals surface area contributed by atoms with Gasteiger partial charge < -0.3 is 35.5 Å². The van der Waals surface area contributed by atoms with E-state index in [1.165, 1.54) is 13.0 Å². The van der Waals surface area contributed by atoms with Gasteiger partial charge in [-0.25, -0.2) is 24.2 Å². The van der Waals surface area contributed by atoms with Crippen molar-refractivity contribution in [1.82, 2.24) is 31.2 Å². The number of nitrogens with zero attached hydrogens (tertiary/aromatic N) is 1. The number of amides is 5. The maximum Gasteiger partial charge on any atom is 0.407 e. The summed E-state index contributed by atoms with van der Waals surface area (Å²) in [5.74, 6) is 0.310. The molecule has 6 N–H and O–H groups in total. The number of anilines is 1. The number of Topliss-reactive ketones (excluding diaryl/α,β-unsaturated/α-hetero) is 1. The monoisotopic (exact) mass is 709 g/mol. The van der Waals surface area contributed by atoms with Crippen LogP contribution in [0.4, 0.5) is 25.1 Å². The number of hydrogen-bond acceptors (Lipinski definition) is 10. The highest BCUT2D eigenvalue weighted by Gasteiger charge is 2.24. The van der Waals surface area contributed by atoms with Gasteiger partial charge in [-0.05, 0) is 69.1 Å². The van der Waals surface area contributed by atoms with Crippen LogP contribution in [0.25, 0.3) is 0 Å². The van der Waals surface area contributed by atoms with Gasteiger partial charge in [-0.3, -0.25) is 19.9 Å². The van der Waals surface area contributed by atoms with Crippen molar-refractivity contribution >= 4 is 36.0 Å². The number of alkyl carbamates (subject to hydrolysis) is 3. The number of carbonyl (C=O) groups is 5. The first-order valence-corrected chi connectivity index (χ1v) is 17.1. The molecule has 1 aromatic heterocycles. The first-order chi connectivity index (χ1) is 23.2. The molecule has 1 rings (SSSR count). The highest BCUT2D eigenvalue weighted by molar-refractivity contribution is 5.87. The molecule has 50 heavy (non-hydrogen) atoms. The lowest BCUT2D eigenvalue weighted by atomic mass is 9.80. The first kappa shape index (κ1) is 43.7. The molecule has 0 aliphatic rings. The molecule has 0 bridgehead atoms. The summed E-state index contributed by atoms with van der Waals surface area (Å²) >= 11 is 0. The fourth-order valence-corrected chi connectivity index (χ4v) is 5.40. The Morgan fingerprint density at radius 3 is 1.90 bits per heavy atom. The van der Waals surface area contributed by atoms with Gasteiger partial charge in [0.1, 0.15) is 25.1 Å². The summed E-state index contributed by atoms with van der Waals surface area (Å²) in [6.07, 6.45) is 0.705. The molecule has 16 heteroatoms. The van der Waals surface area contributed by atoms with E-state index in [0.717, 1.165) is 12.8 Å². The lowest BCUT2D eigenvalue weighted by molar-refractivity contribution is -0.117. The third-order valence-corrected chi connectivity index (χ3v) is 7.70. The molecule has 1 heterocycles. The SMILES string of the molecule is CC(=O)CCOC(=O)NCCC(C)(C)CC(C)CNC(=O)OC(C)COC(=O)NCCC(C)(C)CC(C)CNC(=O)Nc1nc(C)cc(=O)[nH]1. The standard InChI is InChI=1S/C34H59N7O9/c1-22(19-37-29(44)41-28-39-24(3)16-27(43)40-28)17-33(6,7)12-14-36-31(46)49-21-26(5)50-32(47)38-20-23(2)18-34(8,9)11-13-35-30(45)48-15-10-25(4)42/h16,22-23,26H,10-15,17-21H2,1-9H3,(H,35,45)(H,36,46)(H,38,47)(H3,37,39,40,41,43,44). The average Bonchev–Trinajstić information content (AvgIpc) is 2.96. The molecule has 0 aromatic carbocycles. The van der Waals surface area contributed by atoms with Crippen molar-refractivity contribution in [2.75, 3.05) is 44.7 Å². The van der Waals surface area contributed by atoms with Gasteiger partial charge in [0.2, 0.25) is 5.95 Å². The molecular formula is C34H59N7O9. The van der Waals surface area contributed by atoms with Crippen LogP contribution in [0, 0.1) is 29.6 Å². The van der Waals surface area contributed by atoms with E-state index in [4.69, 9.17) is 14.2 Å². The van der Waals surface area contributed by atoms with Gasteiger partial charge in [-0.1, -0.05) is 41.5 Å². The number of carbonyl (C=O) groups excluding carboxylic acids is 5. The van der Waals surface area contributed by atoms with Crippen molar-refractivity contribution < 1.29 is 38.2 Å². The molecule has 0 fully saturated rings. The number of aromatic nitrogens is 2. The molecule has 0 spiro atoms. The topological polar surface area (TPSA) is 219 Å². The Labute approximate surface area is 295 Å². The van der Waals surface area contributed by atoms with Crippen molar-refractivity contribution in [3.8, 4) is 0 Å². The Morgan fingerprint density at radius 1 is 0.820 bits per heavy atom. The second-order valence-corrected chi connectivity index (χ2v) is 14.7. The minimum atomic E-state index is -0.655. The van der Waals surface area contributed by atoms with Gasteiger partial charge >= 0.3 is 24.3 Å². The quantitative estimate of drug-likeness (QED) is 0.0972. The fraction of sp³-hybridized carbons (Fsp3) is 0.735. The molecule has 0 aliphatic heterocycles. The van der Waals surface area contributed by atoms with Crippen LogP contribution in [0.3, 0.4) is 0 Å². The van der Waals surface area contributed by atoms with Crippen LogP contribution in [0.15, 0.2) is 10.9 Å². The van der Waals surface area contributed by atoms with Crippen molar-refractivity contribution in [3.63, 3.8) is 0 Å². The zero-order valence-electron chi connectivity index (χ0n) is 31.2. The van der Waals surface area contributed by atoms with Crippen LogP contribution in [0.2, 0.25) is 0 Å². The molecule has 0 aliphatic carbocycles. The number of ether oxygens (including phenoxy) is 3. The van der Waals surface area contributed by atoms with E-state index in [-0.39, 0.29) is 59.6 Å². The molecule has 284 valence electrons. The summed E-state index contributed by atoms with van der Waals surface area (Å²) in [6, 6.07) is 0.865. The van der Waals surface area contributed by atoms with Crippen LogP contribution in [0.5, 0.6) is 0 Å². The Bertz CT molecular complexity index is 1320. The minimum Gasteiger partial charge on any atom is -0.449 e. The number of ketones is 1. The second kappa shape index (κ2) is 21.7. The molecular weight excluding hydrogens is 650 g/mol. The Morgan fingerprint density at radius 2 is 1.36 bits per heavy atom. The Kier molecular flexibility index (Phi) is 18.9. The van der Waals surface area contributed by atoms with Crippen molar-refractivity contribution in [2.24, 2.45) is 22.7 Å². The third-order valence-electron chi connectivity index (χ3n) is 7.70. The van der Waals surface area contributed by atoms with E-state index >= 15 is 0 Å². The number of urea groups is 1. The molecule has 0 saturated carbocycles. The van der Waals surface area contributed by atoms with E-state index < -0.39 is 30.4 Å². The molecule has 0 saturated heterocycles. The summed E-state index contributed by atoms with van der Waals surface area (Å²) in [5.41, 5.74) is -0.107. The Hall–Kier alpha value is -4.37. The van der Waals surface area contributed by atoms with Crippen molar-refractivity contribution in [1.29, 1.82) is 0 Å². The van der Waals surface area contributed by atoms with Crippen LogP contribution < -0.4 is 32.1 Å². The largest absolute Gasteiger partial charge is 0.449 e. The van der Waals surface area contributed by atoms with Gasteiger partial charge in [-0.2, -0.15) is 0 Å². The van der Waals surface area contributed by atoms with Crippen LogP contribution in [-0.4, -0.2) is 85.6 Å². The van der Waals surface area contributed by atoms with Crippen molar-refractivity contribution in [2.45, 2.75) is 101 Å². The molecule has 3 atom stereocenters. The lowest BCUT2D eigenvalue weighted by Gasteiger charge is -2.28. The third kappa shape index (κ3) is 21.6. The average molecular weight is 710 g/mol. The molecule has 16 nitrogen and oxygen atoms in total. The van der Waals surface area contributed by atoms with E-state index in [0.29, 0.717) is 44.7 Å². The molecule has 5 amide bonds. The van der Waals surface area contributed by atoms with Gasteiger partial charge in [-0.15, -0.1) is 0 Å². The Balaban J connectivity index is 2.23. The predicted octanol–water partition coefficient (Wildman–Crippen LogP) is 4.63. The summed E-state index contributed by atoms with van der Waals surface area (Å²) in [5, 5.41) is 13.5. The number of H-pyrrole nitrogens is 1. The second-order valence-electron chi connectivity index (χ2n) is 14.7. The van der Waals surface area contributed by atoms with Crippen LogP contribution in [-0.2, 0) is 19.0 Å². The minimum absolute atomic E-state index is 0.0404. The first-order valence-electron chi connectivity index (χ1n) is 17.1. The van der Waals surface area contributed by atoms with E-state index in [1.54, 1.807) is 13.8 Å². The molecule has 3 unspecified atom stereocenters. The maximum absolute atomic E-state index is 12.3. The van der Waals surface area contributed by atoms with Gasteiger partial charge in [0, 0.05) is 44.4 Å². The number of aryl methyl sites for hydroxylation is 1. The van der Waals surface area contributed by atoms with Gasteiger partial charge in [0.25, 0.3) is 5.56 Å². The number of aromatic amines is 1. The van der Waals surface area contributed by atoms with E-state index in [1.807, 2.05) is 13.8 Å². The van der Waals surface area contributed by atoms with Crippen molar-refractivity contribution in [3.05, 3.63) is 22.1 Å². The molecule has 0 radical (unpaired) electrons. The maximum atomic E-state index is 12.3. The normalized spacial score (nSPS) is 13.2. The number of hydrogen-bond donors (Lipinski definition) is 6. The summed E-state index contributed by atoms with van der Waals surface area (Å²) < 4.78 is 15.5. The van der Waals surface area contributed by atoms with Gasteiger partial charge in [0.05, 0.1) is 0 Å². The smallest absolute Gasteiger partial charge is 0.407 e. The number of rotatable bonds is 21. The predicted molar refractivity (Wildman–Crippen MR) is 189 cm³/mol. The van der Waals surface area contributed by atoms with Crippen LogP contribution in [0.1, 0.15) is 93.2 Å². The highest BCUT2D eigenvalue weighted by Crippen LogP contribution is 2.29. The summed E-state index contributed by atoms with van der Waals surface area (Å²) in [7, 11) is 0. The molecule has 1 aromatic rings. The van der Waals surface area contributed by atoms with E-state index in [9.17, 15) is 28.8 Å². The lowest BCUT2D eigenvalue weighted by Crippen LogP contribution is -2.36. The summed E-state index contributed by atoms with van der Waals surface area (Å²) in [6.45, 7) is 18.6. The van der Waals surface area contributed by atoms with Crippen LogP contribution >= 0.6 is 0 Å². The number of nitrogens with one attached hydrogen (secondary N) is 6. The highest BCUT2D eigenvalue weighted by atomic mass is 16.6. The van der Waals surface area contributed by atoms with E-state index in [2.05, 4.69) is 64.2 Å². The zero-order valence-corrected chi connectivity index (χ0v) is 31.2. The van der Waals surface area contributed by atoms with Gasteiger partial charge in [0.15, 0.2) is 0 Å². The fourth-order valence-electron chi connectivity index (χ4n) is 5.40. The summed E-state index contributed by atoms with van der Waals surface area (Å²) in [4.78, 5) is 77.5.